The summed E-state index contributed by atoms with van der Waals surface area (Å²) in [6.07, 6.45) is 4.61. The number of rotatable bonds is 2. The maximum absolute atomic E-state index is 12.3. The van der Waals surface area contributed by atoms with E-state index in [0.717, 1.165) is 6.42 Å². The van der Waals surface area contributed by atoms with Crippen LogP contribution in [0.15, 0.2) is 24.5 Å². The first-order valence-corrected chi connectivity index (χ1v) is 6.25. The fourth-order valence-electron chi connectivity index (χ4n) is 2.23. The van der Waals surface area contributed by atoms with E-state index in [1.165, 1.54) is 4.90 Å². The zero-order chi connectivity index (χ0) is 13.8. The van der Waals surface area contributed by atoms with Gasteiger partial charge >= 0.3 is 12.0 Å². The first kappa shape index (κ1) is 13.3. The van der Waals surface area contributed by atoms with Crippen LogP contribution >= 0.6 is 0 Å². The Hall–Kier alpha value is -2.11. The van der Waals surface area contributed by atoms with E-state index in [1.807, 2.05) is 0 Å². The molecule has 19 heavy (non-hydrogen) atoms. The molecule has 1 N–H and O–H groups in total. The number of hydrogen-bond donors (Lipinski definition) is 1. The van der Waals surface area contributed by atoms with Gasteiger partial charge in [0.2, 0.25) is 0 Å². The number of carboxylic acid groups (broad SMARTS) is 1. The number of carbonyl (C=O) groups excluding carboxylic acids is 1. The van der Waals surface area contributed by atoms with E-state index in [1.54, 1.807) is 36.5 Å². The molecule has 1 aromatic heterocycles. The zero-order valence-electron chi connectivity index (χ0n) is 10.8. The molecule has 1 aliphatic heterocycles. The Morgan fingerprint density at radius 2 is 2.32 bits per heavy atom. The van der Waals surface area contributed by atoms with Crippen molar-refractivity contribution in [3.8, 4) is 0 Å². The van der Waals surface area contributed by atoms with E-state index in [9.17, 15) is 9.59 Å². The summed E-state index contributed by atoms with van der Waals surface area (Å²) >= 11 is 0. The Balaban J connectivity index is 2.05. The molecular formula is C13H17N3O3. The second kappa shape index (κ2) is 5.69. The van der Waals surface area contributed by atoms with E-state index < -0.39 is 11.9 Å². The van der Waals surface area contributed by atoms with Crippen LogP contribution in [0.1, 0.15) is 12.8 Å². The molecule has 1 aromatic rings. The van der Waals surface area contributed by atoms with Crippen LogP contribution in [0, 0.1) is 5.92 Å². The monoisotopic (exact) mass is 263 g/mol. The van der Waals surface area contributed by atoms with Crippen molar-refractivity contribution in [1.82, 2.24) is 9.88 Å². The lowest BCUT2D eigenvalue weighted by atomic mass is 9.99. The summed E-state index contributed by atoms with van der Waals surface area (Å²) in [7, 11) is 1.67. The average Bonchev–Trinajstić information content (AvgIpc) is 2.46. The molecule has 0 aliphatic carbocycles. The molecule has 2 heterocycles. The highest BCUT2D eigenvalue weighted by Gasteiger charge is 2.29. The maximum atomic E-state index is 12.3. The molecule has 0 radical (unpaired) electrons. The number of piperidine rings is 1. The number of carbonyl (C=O) groups is 2. The van der Waals surface area contributed by atoms with E-state index in [0.29, 0.717) is 18.7 Å². The number of aromatic nitrogens is 1. The summed E-state index contributed by atoms with van der Waals surface area (Å²) in [5, 5.41) is 9.03. The number of urea groups is 1. The van der Waals surface area contributed by atoms with Gasteiger partial charge in [0, 0.05) is 26.3 Å². The van der Waals surface area contributed by atoms with Gasteiger partial charge in [-0.2, -0.15) is 0 Å². The van der Waals surface area contributed by atoms with Crippen molar-refractivity contribution < 1.29 is 14.7 Å². The van der Waals surface area contributed by atoms with Gasteiger partial charge in [-0.05, 0) is 25.0 Å². The van der Waals surface area contributed by atoms with Crippen LogP contribution in [0.2, 0.25) is 0 Å². The van der Waals surface area contributed by atoms with Crippen molar-refractivity contribution in [3.63, 3.8) is 0 Å². The molecular weight excluding hydrogens is 246 g/mol. The normalized spacial score (nSPS) is 19.0. The fourth-order valence-corrected chi connectivity index (χ4v) is 2.23. The van der Waals surface area contributed by atoms with Gasteiger partial charge in [0.1, 0.15) is 0 Å². The molecule has 1 fully saturated rings. The number of aliphatic carboxylic acids is 1. The van der Waals surface area contributed by atoms with Gasteiger partial charge in [0.15, 0.2) is 0 Å². The lowest BCUT2D eigenvalue weighted by Crippen LogP contribution is -2.47. The zero-order valence-corrected chi connectivity index (χ0v) is 10.8. The van der Waals surface area contributed by atoms with Gasteiger partial charge in [0.25, 0.3) is 0 Å². The van der Waals surface area contributed by atoms with Crippen LogP contribution in [-0.2, 0) is 4.79 Å². The Morgan fingerprint density at radius 1 is 1.53 bits per heavy atom. The quantitative estimate of drug-likeness (QED) is 0.876. The van der Waals surface area contributed by atoms with Gasteiger partial charge in [-0.25, -0.2) is 4.79 Å². The molecule has 102 valence electrons. The van der Waals surface area contributed by atoms with E-state index in [4.69, 9.17) is 5.11 Å². The summed E-state index contributed by atoms with van der Waals surface area (Å²) in [6.45, 7) is 0.881. The van der Waals surface area contributed by atoms with Gasteiger partial charge in [-0.3, -0.25) is 14.7 Å². The summed E-state index contributed by atoms with van der Waals surface area (Å²) in [5.74, 6) is -1.29. The highest BCUT2D eigenvalue weighted by molar-refractivity contribution is 5.91. The lowest BCUT2D eigenvalue weighted by molar-refractivity contribution is -0.143. The van der Waals surface area contributed by atoms with E-state index >= 15 is 0 Å². The van der Waals surface area contributed by atoms with Crippen LogP contribution in [0.5, 0.6) is 0 Å². The SMILES string of the molecule is CN(C(=O)N1CCC[C@H](C(=O)O)C1)c1cccnc1. The summed E-state index contributed by atoms with van der Waals surface area (Å²) in [4.78, 5) is 30.4. The topological polar surface area (TPSA) is 73.7 Å². The second-order valence-corrected chi connectivity index (χ2v) is 4.68. The van der Waals surface area contributed by atoms with Crippen LogP contribution in [0.4, 0.5) is 10.5 Å². The molecule has 1 aliphatic rings. The minimum Gasteiger partial charge on any atom is -0.481 e. The number of hydrogen-bond acceptors (Lipinski definition) is 3. The molecule has 6 heteroatoms. The van der Waals surface area contributed by atoms with Gasteiger partial charge < -0.3 is 10.0 Å². The molecule has 6 nitrogen and oxygen atoms in total. The second-order valence-electron chi connectivity index (χ2n) is 4.68. The van der Waals surface area contributed by atoms with Crippen LogP contribution in [-0.4, -0.2) is 47.1 Å². The number of pyridine rings is 1. The smallest absolute Gasteiger partial charge is 0.324 e. The molecule has 2 rings (SSSR count). The van der Waals surface area contributed by atoms with Crippen molar-refractivity contribution in [2.45, 2.75) is 12.8 Å². The number of amides is 2. The Bertz CT molecular complexity index is 463. The predicted octanol–water partition coefficient (Wildman–Crippen LogP) is 1.43. The molecule has 0 unspecified atom stereocenters. The summed E-state index contributed by atoms with van der Waals surface area (Å²) in [5.41, 5.74) is 0.699. The number of carboxylic acids is 1. The third kappa shape index (κ3) is 3.01. The third-order valence-electron chi connectivity index (χ3n) is 3.36. The first-order valence-electron chi connectivity index (χ1n) is 6.25. The lowest BCUT2D eigenvalue weighted by Gasteiger charge is -2.33. The van der Waals surface area contributed by atoms with E-state index in [-0.39, 0.29) is 12.6 Å². The van der Waals surface area contributed by atoms with Crippen molar-refractivity contribution in [2.75, 3.05) is 25.0 Å². The largest absolute Gasteiger partial charge is 0.481 e. The summed E-state index contributed by atoms with van der Waals surface area (Å²) in [6, 6.07) is 3.37. The minimum atomic E-state index is -0.832. The third-order valence-corrected chi connectivity index (χ3v) is 3.36. The van der Waals surface area contributed by atoms with Crippen molar-refractivity contribution >= 4 is 17.7 Å². The van der Waals surface area contributed by atoms with Crippen molar-refractivity contribution in [3.05, 3.63) is 24.5 Å². The molecule has 1 saturated heterocycles. The van der Waals surface area contributed by atoms with Crippen molar-refractivity contribution in [2.24, 2.45) is 5.92 Å². The van der Waals surface area contributed by atoms with Crippen LogP contribution in [0.25, 0.3) is 0 Å². The standard InChI is InChI=1S/C13H17N3O3/c1-15(11-5-2-6-14-8-11)13(19)16-7-3-4-10(9-16)12(17)18/h2,5-6,8,10H,3-4,7,9H2,1H3,(H,17,18)/t10-/m0/s1. The predicted molar refractivity (Wildman–Crippen MR) is 70.0 cm³/mol. The molecule has 2 amide bonds. The van der Waals surface area contributed by atoms with Gasteiger partial charge in [-0.15, -0.1) is 0 Å². The highest BCUT2D eigenvalue weighted by Crippen LogP contribution is 2.19. The number of nitrogens with zero attached hydrogens (tertiary/aromatic N) is 3. The minimum absolute atomic E-state index is 0.182. The van der Waals surface area contributed by atoms with Crippen LogP contribution < -0.4 is 4.90 Å². The highest BCUT2D eigenvalue weighted by atomic mass is 16.4. The molecule has 0 spiro atoms. The first-order chi connectivity index (χ1) is 9.09. The fraction of sp³-hybridized carbons (Fsp3) is 0.462. The van der Waals surface area contributed by atoms with Crippen LogP contribution in [0.3, 0.4) is 0 Å². The number of likely N-dealkylation sites (tertiary alicyclic amines) is 1. The van der Waals surface area contributed by atoms with Gasteiger partial charge in [0.05, 0.1) is 17.8 Å². The molecule has 1 atom stereocenters. The Morgan fingerprint density at radius 3 is 2.95 bits per heavy atom. The summed E-state index contributed by atoms with van der Waals surface area (Å²) < 4.78 is 0. The van der Waals surface area contributed by atoms with E-state index in [2.05, 4.69) is 4.98 Å². The Labute approximate surface area is 111 Å². The maximum Gasteiger partial charge on any atom is 0.324 e. The van der Waals surface area contributed by atoms with Crippen molar-refractivity contribution in [1.29, 1.82) is 0 Å². The average molecular weight is 263 g/mol. The molecule has 0 bridgehead atoms. The van der Waals surface area contributed by atoms with Gasteiger partial charge in [-0.1, -0.05) is 0 Å². The number of anilines is 1. The molecule has 0 saturated carbocycles. The molecule has 0 aromatic carbocycles. The Kier molecular flexibility index (Phi) is 3.99.